The van der Waals surface area contributed by atoms with Crippen LogP contribution in [0.5, 0.6) is 0 Å². The van der Waals surface area contributed by atoms with E-state index in [1.54, 1.807) is 0 Å². The number of hydrogen-bond acceptors (Lipinski definition) is 11. The summed E-state index contributed by atoms with van der Waals surface area (Å²) in [6.07, 6.45) is 0. The van der Waals surface area contributed by atoms with E-state index < -0.39 is 0 Å². The molecule has 11 heteroatoms. The van der Waals surface area contributed by atoms with Crippen molar-refractivity contribution in [2.45, 2.75) is 0 Å². The predicted molar refractivity (Wildman–Crippen MR) is 199 cm³/mol. The van der Waals surface area contributed by atoms with Gasteiger partial charge in [-0.15, -0.1) is 20.4 Å². The van der Waals surface area contributed by atoms with Gasteiger partial charge in [0, 0.05) is 16.7 Å². The van der Waals surface area contributed by atoms with Crippen LogP contribution in [0.2, 0.25) is 0 Å². The van der Waals surface area contributed by atoms with Gasteiger partial charge in [0.25, 0.3) is 0 Å². The second-order valence-corrected chi connectivity index (χ2v) is 12.4. The molecule has 0 bridgehead atoms. The first-order valence-corrected chi connectivity index (χ1v) is 16.5. The first-order chi connectivity index (χ1) is 25.7. The van der Waals surface area contributed by atoms with Crippen LogP contribution in [0.25, 0.3) is 100 Å². The number of benzene rings is 7. The highest BCUT2D eigenvalue weighted by Gasteiger charge is 2.16. The molecule has 0 aliphatic heterocycles. The molecule has 242 valence electrons. The largest absolute Gasteiger partial charge is 0.208 e. The molecule has 0 aliphatic rings. The fraction of sp³-hybridized carbons (Fsp3) is 0. The molecule has 0 saturated heterocycles. The third kappa shape index (κ3) is 5.29. The molecule has 0 amide bonds. The fourth-order valence-electron chi connectivity index (χ4n) is 6.55. The van der Waals surface area contributed by atoms with Crippen LogP contribution < -0.4 is 0 Å². The van der Waals surface area contributed by atoms with E-state index in [2.05, 4.69) is 120 Å². The molecular weight excluding hydrogens is 647 g/mol. The lowest BCUT2D eigenvalue weighted by Crippen LogP contribution is -2.00. The minimum Gasteiger partial charge on any atom is -0.208 e. The molecule has 3 aromatic heterocycles. The van der Waals surface area contributed by atoms with Gasteiger partial charge >= 0.3 is 0 Å². The van der Waals surface area contributed by atoms with E-state index in [1.165, 1.54) is 5.39 Å². The fourth-order valence-corrected chi connectivity index (χ4v) is 6.55. The number of nitrogens with zero attached hydrogens (tertiary/aromatic N) is 11. The summed E-state index contributed by atoms with van der Waals surface area (Å²) in [5.74, 6) is 1.74. The SMILES string of the molecule is c1ccc2cc3c(-c4nc(-c5ccc(-c6ccc7nnnnc7c6)cc5)nc(-c5ccc(-c6ccc7nnnnc7c6)cc5)n4)cccc3cc2c1. The van der Waals surface area contributed by atoms with E-state index in [0.717, 1.165) is 55.1 Å². The molecule has 0 fully saturated rings. The zero-order valence-electron chi connectivity index (χ0n) is 27.2. The second-order valence-electron chi connectivity index (χ2n) is 12.4. The van der Waals surface area contributed by atoms with Crippen LogP contribution in [0.4, 0.5) is 0 Å². The van der Waals surface area contributed by atoms with Crippen LogP contribution in [0.1, 0.15) is 0 Å². The molecule has 52 heavy (non-hydrogen) atoms. The average molecular weight is 670 g/mol. The van der Waals surface area contributed by atoms with Crippen molar-refractivity contribution in [3.8, 4) is 56.4 Å². The van der Waals surface area contributed by atoms with Crippen molar-refractivity contribution in [1.82, 2.24) is 56.2 Å². The molecule has 3 heterocycles. The van der Waals surface area contributed by atoms with E-state index in [4.69, 9.17) is 15.0 Å². The lowest BCUT2D eigenvalue weighted by atomic mass is 9.99. The Morgan fingerprint density at radius 2 is 0.731 bits per heavy atom. The highest BCUT2D eigenvalue weighted by Crippen LogP contribution is 2.34. The van der Waals surface area contributed by atoms with Gasteiger partial charge in [0.05, 0.1) is 0 Å². The van der Waals surface area contributed by atoms with E-state index in [9.17, 15) is 0 Å². The van der Waals surface area contributed by atoms with Gasteiger partial charge < -0.3 is 0 Å². The molecule has 11 nitrogen and oxygen atoms in total. The monoisotopic (exact) mass is 669 g/mol. The molecule has 0 atom stereocenters. The maximum absolute atomic E-state index is 5.09. The van der Waals surface area contributed by atoms with Crippen LogP contribution in [0, 0.1) is 0 Å². The first-order valence-electron chi connectivity index (χ1n) is 16.5. The van der Waals surface area contributed by atoms with Crippen LogP contribution in [0.3, 0.4) is 0 Å². The van der Waals surface area contributed by atoms with Crippen molar-refractivity contribution in [2.24, 2.45) is 0 Å². The van der Waals surface area contributed by atoms with E-state index in [1.807, 2.05) is 60.7 Å². The Labute approximate surface area is 295 Å². The maximum atomic E-state index is 5.09. The van der Waals surface area contributed by atoms with Gasteiger partial charge in [-0.1, -0.05) is 103 Å². The summed E-state index contributed by atoms with van der Waals surface area (Å²) in [5, 5.41) is 35.5. The summed E-state index contributed by atoms with van der Waals surface area (Å²) in [6.45, 7) is 0. The van der Waals surface area contributed by atoms with Crippen LogP contribution in [-0.2, 0) is 0 Å². The summed E-state index contributed by atoms with van der Waals surface area (Å²) in [4.78, 5) is 15.2. The third-order valence-electron chi connectivity index (χ3n) is 9.22. The molecule has 0 unspecified atom stereocenters. The first kappa shape index (κ1) is 29.4. The number of aromatic nitrogens is 11. The Morgan fingerprint density at radius 3 is 1.29 bits per heavy atom. The Bertz CT molecular complexity index is 2830. The Morgan fingerprint density at radius 1 is 0.288 bits per heavy atom. The molecule has 0 aliphatic carbocycles. The minimum atomic E-state index is 0.572. The van der Waals surface area contributed by atoms with Gasteiger partial charge in [-0.25, -0.2) is 15.0 Å². The summed E-state index contributed by atoms with van der Waals surface area (Å²) >= 11 is 0. The molecule has 0 radical (unpaired) electrons. The van der Waals surface area contributed by atoms with Crippen LogP contribution >= 0.6 is 0 Å². The smallest absolute Gasteiger partial charge is 0.164 e. The average Bonchev–Trinajstić information content (AvgIpc) is 3.22. The lowest BCUT2D eigenvalue weighted by molar-refractivity contribution is 0.797. The maximum Gasteiger partial charge on any atom is 0.164 e. The minimum absolute atomic E-state index is 0.572. The molecule has 10 aromatic rings. The predicted octanol–water partition coefficient (Wildman–Crippen LogP) is 7.98. The lowest BCUT2D eigenvalue weighted by Gasteiger charge is -2.12. The summed E-state index contributed by atoms with van der Waals surface area (Å²) < 4.78 is 0. The highest BCUT2D eigenvalue weighted by atomic mass is 15.4. The number of hydrogen-bond donors (Lipinski definition) is 0. The van der Waals surface area contributed by atoms with Gasteiger partial charge in [0.15, 0.2) is 17.5 Å². The zero-order chi connectivity index (χ0) is 34.4. The molecule has 0 spiro atoms. The van der Waals surface area contributed by atoms with Crippen molar-refractivity contribution >= 4 is 43.6 Å². The van der Waals surface area contributed by atoms with E-state index in [-0.39, 0.29) is 0 Å². The van der Waals surface area contributed by atoms with E-state index >= 15 is 0 Å². The second kappa shape index (κ2) is 12.1. The highest BCUT2D eigenvalue weighted by molar-refractivity contribution is 6.04. The van der Waals surface area contributed by atoms with Crippen molar-refractivity contribution < 1.29 is 0 Å². The Hall–Kier alpha value is -7.53. The van der Waals surface area contributed by atoms with Crippen LogP contribution in [0.15, 0.2) is 140 Å². The quantitative estimate of drug-likeness (QED) is 0.165. The van der Waals surface area contributed by atoms with Crippen molar-refractivity contribution in [2.75, 3.05) is 0 Å². The van der Waals surface area contributed by atoms with Crippen molar-refractivity contribution in [3.63, 3.8) is 0 Å². The van der Waals surface area contributed by atoms with Gasteiger partial charge in [-0.3, -0.25) is 0 Å². The summed E-state index contributed by atoms with van der Waals surface area (Å²) in [6, 6.07) is 47.1. The Kier molecular flexibility index (Phi) is 6.84. The molecule has 10 rings (SSSR count). The van der Waals surface area contributed by atoms with Crippen molar-refractivity contribution in [3.05, 3.63) is 140 Å². The molecular formula is C41H23N11. The zero-order valence-corrected chi connectivity index (χ0v) is 27.2. The Balaban J connectivity index is 1.09. The topological polar surface area (TPSA) is 142 Å². The van der Waals surface area contributed by atoms with Gasteiger partial charge in [-0.05, 0) is 101 Å². The molecule has 7 aromatic carbocycles. The molecule has 0 saturated carbocycles. The summed E-state index contributed by atoms with van der Waals surface area (Å²) in [7, 11) is 0. The number of rotatable bonds is 5. The summed E-state index contributed by atoms with van der Waals surface area (Å²) in [5.41, 5.74) is 9.42. The molecule has 0 N–H and O–H groups in total. The van der Waals surface area contributed by atoms with Gasteiger partial charge in [0.1, 0.15) is 22.1 Å². The normalized spacial score (nSPS) is 11.5. The van der Waals surface area contributed by atoms with Gasteiger partial charge in [0.2, 0.25) is 0 Å². The van der Waals surface area contributed by atoms with E-state index in [0.29, 0.717) is 39.5 Å². The number of fused-ring (bicyclic) bond motifs is 4. The standard InChI is InChI=1S/C41H23N11/c1-2-5-29-21-34-32(20-28(29)4-1)6-3-7-33(34)41-43-39(26-12-8-24(9-13-26)30-16-18-35-37(22-30)47-51-49-45-35)42-40(44-41)27-14-10-25(11-15-27)31-17-19-36-38(23-31)48-52-50-46-36/h1-23H. The van der Waals surface area contributed by atoms with Crippen molar-refractivity contribution in [1.29, 1.82) is 0 Å². The van der Waals surface area contributed by atoms with Crippen LogP contribution in [-0.4, -0.2) is 56.2 Å². The third-order valence-corrected chi connectivity index (χ3v) is 9.22. The van der Waals surface area contributed by atoms with Gasteiger partial charge in [-0.2, -0.15) is 0 Å².